The Morgan fingerprint density at radius 1 is 0.837 bits per heavy atom. The lowest BCUT2D eigenvalue weighted by Crippen LogP contribution is -2.31. The third-order valence-electron chi connectivity index (χ3n) is 7.01. The SMILES string of the molecule is CC(=O)CS(=O)(=O)c1cccc(-c2ccc(CN(Cc3ccc(C#N)o3)S(=O)(=O)c3c(C)ccc4ccccc34)cc2)c1. The van der Waals surface area contributed by atoms with Gasteiger partial charge in [0.15, 0.2) is 9.84 Å². The van der Waals surface area contributed by atoms with Crippen LogP contribution >= 0.6 is 0 Å². The lowest BCUT2D eigenvalue weighted by atomic mass is 10.0. The molecule has 5 rings (SSSR count). The molecular formula is C33H28N2O6S2. The number of ketones is 1. The van der Waals surface area contributed by atoms with Gasteiger partial charge in [-0.1, -0.05) is 72.8 Å². The highest BCUT2D eigenvalue weighted by Crippen LogP contribution is 2.32. The van der Waals surface area contributed by atoms with Crippen molar-refractivity contribution in [3.63, 3.8) is 0 Å². The second-order valence-corrected chi connectivity index (χ2v) is 14.1. The van der Waals surface area contributed by atoms with E-state index in [2.05, 4.69) is 0 Å². The first-order valence-corrected chi connectivity index (χ1v) is 16.5. The topological polar surface area (TPSA) is 126 Å². The highest BCUT2D eigenvalue weighted by molar-refractivity contribution is 7.92. The predicted molar refractivity (Wildman–Crippen MR) is 163 cm³/mol. The normalized spacial score (nSPS) is 12.0. The largest absolute Gasteiger partial charge is 0.449 e. The maximum atomic E-state index is 14.3. The second kappa shape index (κ2) is 12.0. The van der Waals surface area contributed by atoms with Crippen LogP contribution in [0.25, 0.3) is 21.9 Å². The number of fused-ring (bicyclic) bond motifs is 1. The summed E-state index contributed by atoms with van der Waals surface area (Å²) in [6, 6.07) is 29.5. The first-order chi connectivity index (χ1) is 20.5. The lowest BCUT2D eigenvalue weighted by molar-refractivity contribution is -0.114. The quantitative estimate of drug-likeness (QED) is 0.188. The van der Waals surface area contributed by atoms with Crippen molar-refractivity contribution in [1.29, 1.82) is 5.26 Å². The zero-order chi connectivity index (χ0) is 30.8. The summed E-state index contributed by atoms with van der Waals surface area (Å²) in [4.78, 5) is 11.7. The van der Waals surface area contributed by atoms with Crippen LogP contribution in [0.2, 0.25) is 0 Å². The minimum Gasteiger partial charge on any atom is -0.449 e. The summed E-state index contributed by atoms with van der Waals surface area (Å²) in [6.07, 6.45) is 0. The number of nitrogens with zero attached hydrogens (tertiary/aromatic N) is 2. The molecule has 0 N–H and O–H groups in total. The van der Waals surface area contributed by atoms with Crippen molar-refractivity contribution >= 4 is 36.4 Å². The van der Waals surface area contributed by atoms with Gasteiger partial charge in [-0.15, -0.1) is 0 Å². The Labute approximate surface area is 250 Å². The van der Waals surface area contributed by atoms with E-state index < -0.39 is 31.4 Å². The number of sulfonamides is 1. The van der Waals surface area contributed by atoms with E-state index in [1.807, 2.05) is 24.3 Å². The number of benzene rings is 4. The van der Waals surface area contributed by atoms with Gasteiger partial charge in [0.05, 0.1) is 16.3 Å². The summed E-state index contributed by atoms with van der Waals surface area (Å²) in [5.41, 5.74) is 2.67. The molecule has 0 aliphatic carbocycles. The molecule has 5 aromatic rings. The van der Waals surface area contributed by atoms with Gasteiger partial charge in [-0.2, -0.15) is 9.57 Å². The number of Topliss-reactive ketones (excluding diaryl/α,β-unsaturated/α-hetero) is 1. The first kappa shape index (κ1) is 29.9. The van der Waals surface area contributed by atoms with Crippen LogP contribution in [0, 0.1) is 18.3 Å². The standard InChI is InChI=1S/C33H28N2O6S2/c1-23-10-13-27-6-3-4-9-32(27)33(23)43(39,40)35(21-30-17-16-29(19-34)41-30)20-25-11-14-26(15-12-25)28-7-5-8-31(18-28)42(37,38)22-24(2)36/h3-18H,20-22H2,1-2H3. The van der Waals surface area contributed by atoms with Crippen molar-refractivity contribution in [3.8, 4) is 17.2 Å². The molecular weight excluding hydrogens is 585 g/mol. The summed E-state index contributed by atoms with van der Waals surface area (Å²) in [6.45, 7) is 2.92. The monoisotopic (exact) mass is 612 g/mol. The van der Waals surface area contributed by atoms with Gasteiger partial charge < -0.3 is 4.42 Å². The second-order valence-electron chi connectivity index (χ2n) is 10.3. The van der Waals surface area contributed by atoms with Crippen molar-refractivity contribution in [3.05, 3.63) is 120 Å². The summed E-state index contributed by atoms with van der Waals surface area (Å²) in [5.74, 6) is -0.586. The van der Waals surface area contributed by atoms with Crippen molar-refractivity contribution in [2.75, 3.05) is 5.75 Å². The Kier molecular flexibility index (Phi) is 8.33. The van der Waals surface area contributed by atoms with Crippen LogP contribution in [0.1, 0.15) is 29.6 Å². The molecule has 10 heteroatoms. The van der Waals surface area contributed by atoms with E-state index in [-0.39, 0.29) is 28.6 Å². The minimum atomic E-state index is -4.05. The molecule has 43 heavy (non-hydrogen) atoms. The number of aryl methyl sites for hydroxylation is 1. The Hall–Kier alpha value is -4.56. The maximum absolute atomic E-state index is 14.3. The molecule has 218 valence electrons. The average Bonchev–Trinajstić information content (AvgIpc) is 3.44. The highest BCUT2D eigenvalue weighted by atomic mass is 32.2. The molecule has 0 spiro atoms. The van der Waals surface area contributed by atoms with Crippen LogP contribution < -0.4 is 0 Å². The molecule has 4 aromatic carbocycles. The number of rotatable bonds is 10. The summed E-state index contributed by atoms with van der Waals surface area (Å²) in [5, 5.41) is 10.6. The molecule has 0 fully saturated rings. The van der Waals surface area contributed by atoms with E-state index in [0.29, 0.717) is 27.8 Å². The number of hydrogen-bond donors (Lipinski definition) is 0. The fourth-order valence-electron chi connectivity index (χ4n) is 4.97. The molecule has 1 aromatic heterocycles. The van der Waals surface area contributed by atoms with Crippen molar-refractivity contribution < 1.29 is 26.0 Å². The molecule has 0 saturated carbocycles. The van der Waals surface area contributed by atoms with Gasteiger partial charge in [0.2, 0.25) is 15.8 Å². The summed E-state index contributed by atoms with van der Waals surface area (Å²) in [7, 11) is -7.81. The van der Waals surface area contributed by atoms with Crippen molar-refractivity contribution in [2.24, 2.45) is 0 Å². The molecule has 0 aliphatic heterocycles. The average molecular weight is 613 g/mol. The Morgan fingerprint density at radius 2 is 1.58 bits per heavy atom. The van der Waals surface area contributed by atoms with Gasteiger partial charge in [-0.3, -0.25) is 4.79 Å². The molecule has 0 aliphatic rings. The number of hydrogen-bond acceptors (Lipinski definition) is 7. The fourth-order valence-corrected chi connectivity index (χ4v) is 8.08. The Morgan fingerprint density at radius 3 is 2.28 bits per heavy atom. The van der Waals surface area contributed by atoms with Gasteiger partial charge >= 0.3 is 0 Å². The summed E-state index contributed by atoms with van der Waals surface area (Å²) >= 11 is 0. The number of carbonyl (C=O) groups is 1. The predicted octanol–water partition coefficient (Wildman–Crippen LogP) is 6.03. The number of sulfone groups is 1. The number of furan rings is 1. The van der Waals surface area contributed by atoms with Crippen LogP contribution in [0.5, 0.6) is 0 Å². The molecule has 0 saturated heterocycles. The van der Waals surface area contributed by atoms with Crippen LogP contribution in [-0.4, -0.2) is 32.7 Å². The van der Waals surface area contributed by atoms with E-state index in [0.717, 1.165) is 10.9 Å². The van der Waals surface area contributed by atoms with E-state index >= 15 is 0 Å². The van der Waals surface area contributed by atoms with E-state index in [1.54, 1.807) is 67.6 Å². The van der Waals surface area contributed by atoms with E-state index in [4.69, 9.17) is 4.42 Å². The third-order valence-corrected chi connectivity index (χ3v) is 10.8. The molecule has 0 radical (unpaired) electrons. The van der Waals surface area contributed by atoms with Crippen LogP contribution in [0.3, 0.4) is 0 Å². The van der Waals surface area contributed by atoms with E-state index in [1.165, 1.54) is 29.4 Å². The van der Waals surface area contributed by atoms with Crippen molar-refractivity contribution in [2.45, 2.75) is 36.7 Å². The van der Waals surface area contributed by atoms with Gasteiger partial charge in [0.25, 0.3) is 0 Å². The van der Waals surface area contributed by atoms with Gasteiger partial charge in [-0.25, -0.2) is 16.8 Å². The van der Waals surface area contributed by atoms with Gasteiger partial charge in [0.1, 0.15) is 23.4 Å². The smallest absolute Gasteiger partial charge is 0.244 e. The number of nitriles is 1. The Balaban J connectivity index is 1.50. The first-order valence-electron chi connectivity index (χ1n) is 13.4. The van der Waals surface area contributed by atoms with Gasteiger partial charge in [0, 0.05) is 11.9 Å². The zero-order valence-corrected chi connectivity index (χ0v) is 25.2. The Bertz CT molecular complexity index is 2090. The van der Waals surface area contributed by atoms with Crippen molar-refractivity contribution in [1.82, 2.24) is 4.31 Å². The maximum Gasteiger partial charge on any atom is 0.244 e. The summed E-state index contributed by atoms with van der Waals surface area (Å²) < 4.78 is 60.6. The molecule has 1 heterocycles. The molecule has 8 nitrogen and oxygen atoms in total. The van der Waals surface area contributed by atoms with Crippen LogP contribution in [0.15, 0.2) is 111 Å². The van der Waals surface area contributed by atoms with Crippen LogP contribution in [0.4, 0.5) is 0 Å². The fraction of sp³-hybridized carbons (Fsp3) is 0.152. The zero-order valence-electron chi connectivity index (χ0n) is 23.5. The van der Waals surface area contributed by atoms with E-state index in [9.17, 15) is 26.9 Å². The molecule has 0 amide bonds. The number of carbonyl (C=O) groups excluding carboxylic acids is 1. The lowest BCUT2D eigenvalue weighted by Gasteiger charge is -2.23. The highest BCUT2D eigenvalue weighted by Gasteiger charge is 2.29. The third kappa shape index (κ3) is 6.44. The molecule has 0 unspecified atom stereocenters. The molecule has 0 atom stereocenters. The molecule has 0 bridgehead atoms. The van der Waals surface area contributed by atoms with Crippen LogP contribution in [-0.2, 0) is 37.7 Å². The van der Waals surface area contributed by atoms with Gasteiger partial charge in [-0.05, 0) is 65.8 Å². The minimum absolute atomic E-state index is 0.0148.